The van der Waals surface area contributed by atoms with Crippen molar-refractivity contribution in [1.82, 2.24) is 35.1 Å². The number of aliphatic hydroxyl groups excluding tert-OH is 1. The van der Waals surface area contributed by atoms with E-state index >= 15 is 0 Å². The number of rotatable bonds is 19. The molecule has 19 heteroatoms. The molecule has 0 spiro atoms. The fraction of sp³-hybridized carbons (Fsp3) is 0.692. The lowest BCUT2D eigenvalue weighted by molar-refractivity contribution is -0.150. The number of hydrazine groups is 1. The molecule has 1 aromatic carbocycles. The van der Waals surface area contributed by atoms with Gasteiger partial charge < -0.3 is 48.8 Å². The van der Waals surface area contributed by atoms with Gasteiger partial charge in [-0.2, -0.15) is 0 Å². The Kier molecular flexibility index (Phi) is 17.0. The average Bonchev–Trinajstić information content (AvgIpc) is 4.18. The molecule has 18 nitrogen and oxygen atoms in total. The second-order valence-corrected chi connectivity index (χ2v) is 27.9. The Balaban J connectivity index is 1.17. The van der Waals surface area contributed by atoms with Gasteiger partial charge in [0.05, 0.1) is 67.9 Å². The number of hydrogen-bond donors (Lipinski definition) is 4. The number of carboxylic acid groups (broad SMARTS) is 1. The number of benzene rings is 1. The van der Waals surface area contributed by atoms with Gasteiger partial charge in [-0.3, -0.25) is 29.4 Å². The van der Waals surface area contributed by atoms with E-state index in [4.69, 9.17) is 23.9 Å². The Morgan fingerprint density at radius 1 is 0.972 bits per heavy atom. The Hall–Kier alpha value is -4.34. The predicted octanol–water partition coefficient (Wildman–Crippen LogP) is 5.20. The molecule has 71 heavy (non-hydrogen) atoms. The zero-order chi connectivity index (χ0) is 50.6. The van der Waals surface area contributed by atoms with Crippen molar-refractivity contribution < 1.29 is 43.5 Å². The number of anilines is 2. The highest BCUT2D eigenvalue weighted by Crippen LogP contribution is 2.43. The largest absolute Gasteiger partial charge is 0.480 e. The van der Waals surface area contributed by atoms with Crippen LogP contribution in [0.1, 0.15) is 70.7 Å². The maximum absolute atomic E-state index is 14.9. The Morgan fingerprint density at radius 3 is 2.38 bits per heavy atom. The number of methoxy groups -OCH3 is 1. The quantitative estimate of drug-likeness (QED) is 0.115. The number of aliphatic hydroxyl groups is 1. The van der Waals surface area contributed by atoms with Crippen LogP contribution >= 0.6 is 0 Å². The van der Waals surface area contributed by atoms with Crippen molar-refractivity contribution in [2.24, 2.45) is 5.41 Å². The van der Waals surface area contributed by atoms with Crippen molar-refractivity contribution in [2.75, 3.05) is 109 Å². The lowest BCUT2D eigenvalue weighted by Crippen LogP contribution is -2.69. The third-order valence-electron chi connectivity index (χ3n) is 15.2. The number of nitrogens with zero attached hydrogens (tertiary/aromatic N) is 7. The van der Waals surface area contributed by atoms with Gasteiger partial charge in [-0.15, -0.1) is 0 Å². The molecular formula is C52H81N9O9Si. The summed E-state index contributed by atoms with van der Waals surface area (Å²) in [6, 6.07) is 7.74. The van der Waals surface area contributed by atoms with E-state index < -0.39 is 55.7 Å². The van der Waals surface area contributed by atoms with Crippen LogP contribution in [0.4, 0.5) is 16.2 Å². The maximum atomic E-state index is 14.9. The number of aliphatic carboxylic acids is 1. The van der Waals surface area contributed by atoms with E-state index in [-0.39, 0.29) is 25.9 Å². The minimum atomic E-state index is -1.54. The van der Waals surface area contributed by atoms with Crippen molar-refractivity contribution >= 4 is 48.3 Å². The van der Waals surface area contributed by atoms with E-state index in [1.54, 1.807) is 7.11 Å². The smallest absolute Gasteiger partial charge is 0.407 e. The SMILES string of the molecule is CCn1c(-c2cc(N3CCN(C4CC4)CC3)cnc2[C@H](C)OC)c(CC(C)(C)CO)c2cc(N3CCO[C@@H]([C@H]([C@H](NC(=O)OCC[Si](C)(C)C)C(=O)N4CCC[C@@H](C(=O)O)N4)N4CCOCC4)C3)ccc21. The summed E-state index contributed by atoms with van der Waals surface area (Å²) < 4.78 is 26.7. The number of hydrogen-bond acceptors (Lipinski definition) is 14. The summed E-state index contributed by atoms with van der Waals surface area (Å²) in [7, 11) is 0.187. The number of ether oxygens (including phenoxy) is 4. The first-order valence-electron chi connectivity index (χ1n) is 26.2. The van der Waals surface area contributed by atoms with Gasteiger partial charge >= 0.3 is 12.1 Å². The fourth-order valence-electron chi connectivity index (χ4n) is 10.9. The normalized spacial score (nSPS) is 22.4. The Bertz CT molecular complexity index is 2320. The van der Waals surface area contributed by atoms with Gasteiger partial charge in [0.2, 0.25) is 0 Å². The first-order valence-corrected chi connectivity index (χ1v) is 29.9. The number of morpholine rings is 2. The van der Waals surface area contributed by atoms with Crippen LogP contribution in [0.5, 0.6) is 0 Å². The molecule has 4 N–H and O–H groups in total. The van der Waals surface area contributed by atoms with Gasteiger partial charge in [0.25, 0.3) is 5.91 Å². The van der Waals surface area contributed by atoms with Crippen LogP contribution in [-0.2, 0) is 41.5 Å². The van der Waals surface area contributed by atoms with Gasteiger partial charge in [0, 0.05) is 115 Å². The van der Waals surface area contributed by atoms with Crippen LogP contribution in [0.25, 0.3) is 22.2 Å². The minimum Gasteiger partial charge on any atom is -0.480 e. The van der Waals surface area contributed by atoms with Crippen molar-refractivity contribution in [2.45, 2.75) is 128 Å². The summed E-state index contributed by atoms with van der Waals surface area (Å²) in [5.41, 5.74) is 9.79. The summed E-state index contributed by atoms with van der Waals surface area (Å²) in [5.74, 6) is -1.48. The lowest BCUT2D eigenvalue weighted by atomic mass is 9.84. The number of nitrogens with one attached hydrogen (secondary N) is 2. The maximum Gasteiger partial charge on any atom is 0.407 e. The number of aromatic nitrogens is 2. The van der Waals surface area contributed by atoms with Crippen LogP contribution in [-0.4, -0.2) is 190 Å². The number of carboxylic acids is 1. The molecule has 0 bridgehead atoms. The van der Waals surface area contributed by atoms with E-state index in [0.29, 0.717) is 71.8 Å². The molecule has 2 amide bonds. The molecule has 0 radical (unpaired) electrons. The van der Waals surface area contributed by atoms with Crippen LogP contribution < -0.4 is 20.5 Å². The lowest BCUT2D eigenvalue weighted by Gasteiger charge is -2.47. The first-order chi connectivity index (χ1) is 34.0. The Morgan fingerprint density at radius 2 is 1.72 bits per heavy atom. The monoisotopic (exact) mass is 1000 g/mol. The highest BCUT2D eigenvalue weighted by atomic mass is 28.3. The minimum absolute atomic E-state index is 0.00753. The summed E-state index contributed by atoms with van der Waals surface area (Å²) >= 11 is 0. The number of aryl methyl sites for hydroxylation is 1. The number of carbonyl (C=O) groups is 3. The molecule has 392 valence electrons. The van der Waals surface area contributed by atoms with Crippen LogP contribution in [0, 0.1) is 5.41 Å². The molecule has 1 saturated carbocycles. The van der Waals surface area contributed by atoms with Crippen LogP contribution in [0.3, 0.4) is 0 Å². The molecule has 4 aliphatic heterocycles. The second kappa shape index (κ2) is 22.8. The number of amides is 2. The number of alkyl carbamates (subject to hydrolysis) is 1. The second-order valence-electron chi connectivity index (χ2n) is 22.2. The number of carbonyl (C=O) groups excluding carboxylic acids is 2. The fourth-order valence-corrected chi connectivity index (χ4v) is 11.6. The summed E-state index contributed by atoms with van der Waals surface area (Å²) in [4.78, 5) is 55.6. The van der Waals surface area contributed by atoms with Gasteiger partial charge in [0.15, 0.2) is 0 Å². The van der Waals surface area contributed by atoms with Crippen LogP contribution in [0.2, 0.25) is 25.7 Å². The number of piperazine rings is 1. The van der Waals surface area contributed by atoms with Crippen molar-refractivity contribution in [1.29, 1.82) is 0 Å². The first kappa shape index (κ1) is 53.0. The van der Waals surface area contributed by atoms with Gasteiger partial charge in [-0.05, 0) is 87.2 Å². The molecule has 5 aliphatic rings. The molecule has 5 fully saturated rings. The highest BCUT2D eigenvalue weighted by molar-refractivity contribution is 6.76. The molecule has 2 aromatic heterocycles. The van der Waals surface area contributed by atoms with E-state index in [2.05, 4.69) is 99.6 Å². The molecule has 5 atom stereocenters. The van der Waals surface area contributed by atoms with E-state index in [1.807, 2.05) is 13.1 Å². The predicted molar refractivity (Wildman–Crippen MR) is 278 cm³/mol. The van der Waals surface area contributed by atoms with Gasteiger partial charge in [-0.25, -0.2) is 10.2 Å². The van der Waals surface area contributed by atoms with Crippen molar-refractivity contribution in [3.63, 3.8) is 0 Å². The standard InChI is InChI=1S/C52H81N9O9Si/c1-9-60-43-15-14-37(29-39(43)41(31-52(3,4)34-62)47(60)40-30-38(32-53-45(40)35(2)67-5)57-19-17-56(18-20-57)36-12-13-36)59-23-26-69-44(33-59)48(58-21-24-68-25-22-58)46(54-51(66)70-27-28-71(6,7)8)49(63)61-16-10-11-42(55-61)50(64)65/h14-15,29-30,32,35-36,42,44,46,48,55,62H,9-13,16-28,31,33-34H2,1-8H3,(H,54,66)(H,64,65)/t35-,42-,44+,46-,48+/m0/s1. The van der Waals surface area contributed by atoms with Crippen molar-refractivity contribution in [3.05, 3.63) is 41.7 Å². The Labute approximate surface area is 421 Å². The van der Waals surface area contributed by atoms with Gasteiger partial charge in [0.1, 0.15) is 12.1 Å². The van der Waals surface area contributed by atoms with Crippen LogP contribution in [0.15, 0.2) is 30.5 Å². The number of pyridine rings is 1. The molecule has 8 rings (SSSR count). The molecule has 3 aromatic rings. The molecule has 1 aliphatic carbocycles. The third-order valence-corrected chi connectivity index (χ3v) is 16.9. The summed E-state index contributed by atoms with van der Waals surface area (Å²) in [6.07, 6.45) is 4.57. The third kappa shape index (κ3) is 12.5. The average molecular weight is 1000 g/mol. The van der Waals surface area contributed by atoms with Gasteiger partial charge in [-0.1, -0.05) is 33.5 Å². The highest BCUT2D eigenvalue weighted by Gasteiger charge is 2.45. The van der Waals surface area contributed by atoms with E-state index in [9.17, 15) is 24.6 Å². The number of fused-ring (bicyclic) bond motifs is 1. The van der Waals surface area contributed by atoms with E-state index in [0.717, 1.165) is 83.1 Å². The zero-order valence-electron chi connectivity index (χ0n) is 43.6. The molecule has 6 heterocycles. The summed E-state index contributed by atoms with van der Waals surface area (Å²) in [5, 5.41) is 26.2. The molecular weight excluding hydrogens is 923 g/mol. The zero-order valence-corrected chi connectivity index (χ0v) is 44.6. The molecule has 0 unspecified atom stereocenters. The van der Waals surface area contributed by atoms with E-state index in [1.165, 1.54) is 17.9 Å². The summed E-state index contributed by atoms with van der Waals surface area (Å²) in [6.45, 7) is 23.5. The molecule has 4 saturated heterocycles. The van der Waals surface area contributed by atoms with Crippen molar-refractivity contribution in [3.8, 4) is 11.3 Å². The topological polar surface area (TPSA) is 187 Å².